The summed E-state index contributed by atoms with van der Waals surface area (Å²) in [4.78, 5) is 14.0. The normalized spacial score (nSPS) is 17.2. The molecule has 1 N–H and O–H groups in total. The van der Waals surface area contributed by atoms with Crippen LogP contribution in [-0.4, -0.2) is 36.7 Å². The van der Waals surface area contributed by atoms with Gasteiger partial charge < -0.3 is 15.0 Å². The van der Waals surface area contributed by atoms with Gasteiger partial charge in [0.25, 0.3) is 0 Å². The van der Waals surface area contributed by atoms with E-state index in [4.69, 9.17) is 10.00 Å². The number of halogens is 1. The zero-order chi connectivity index (χ0) is 15.1. The molecule has 1 fully saturated rings. The van der Waals surface area contributed by atoms with Crippen molar-refractivity contribution in [2.24, 2.45) is 0 Å². The Bertz CT molecular complexity index is 507. The lowest BCUT2D eigenvalue weighted by molar-refractivity contribution is 0.0841. The monoisotopic (exact) mass is 399 g/mol. The van der Waals surface area contributed by atoms with Crippen molar-refractivity contribution in [3.8, 4) is 6.07 Å². The van der Waals surface area contributed by atoms with Gasteiger partial charge in [0, 0.05) is 29.0 Å². The van der Waals surface area contributed by atoms with Gasteiger partial charge in [0.15, 0.2) is 0 Å². The molecule has 0 aromatic heterocycles. The number of carbonyl (C=O) groups is 1. The molecule has 5 nitrogen and oxygen atoms in total. The molecule has 0 aliphatic carbocycles. The van der Waals surface area contributed by atoms with Crippen LogP contribution in [0.1, 0.15) is 19.3 Å². The van der Waals surface area contributed by atoms with Gasteiger partial charge in [0.05, 0.1) is 18.6 Å². The Morgan fingerprint density at radius 1 is 1.48 bits per heavy atom. The average Bonchev–Trinajstić information content (AvgIpc) is 2.98. The third kappa shape index (κ3) is 5.17. The Morgan fingerprint density at radius 2 is 2.24 bits per heavy atom. The Labute approximate surface area is 138 Å². The van der Waals surface area contributed by atoms with Gasteiger partial charge in [-0.1, -0.05) is 0 Å². The largest absolute Gasteiger partial charge is 0.376 e. The summed E-state index contributed by atoms with van der Waals surface area (Å²) in [6, 6.07) is 9.53. The Hall–Kier alpha value is -1.33. The van der Waals surface area contributed by atoms with Gasteiger partial charge in [-0.3, -0.25) is 0 Å². The molecule has 1 aromatic carbocycles. The summed E-state index contributed by atoms with van der Waals surface area (Å²) in [6.45, 7) is 1.72. The number of hydrogen-bond acceptors (Lipinski definition) is 3. The summed E-state index contributed by atoms with van der Waals surface area (Å²) < 4.78 is 6.69. The molecule has 1 aliphatic rings. The van der Waals surface area contributed by atoms with Crippen LogP contribution in [0, 0.1) is 14.9 Å². The molecule has 21 heavy (non-hydrogen) atoms. The van der Waals surface area contributed by atoms with Gasteiger partial charge in [-0.15, -0.1) is 0 Å². The number of nitrogens with one attached hydrogen (secondary N) is 1. The Kier molecular flexibility index (Phi) is 6.26. The van der Waals surface area contributed by atoms with Crippen molar-refractivity contribution < 1.29 is 9.53 Å². The first-order chi connectivity index (χ1) is 10.2. The number of hydrogen-bond donors (Lipinski definition) is 1. The predicted molar refractivity (Wildman–Crippen MR) is 89.0 cm³/mol. The highest BCUT2D eigenvalue weighted by Gasteiger charge is 2.22. The summed E-state index contributed by atoms with van der Waals surface area (Å²) in [5.74, 6) is 0. The predicted octanol–water partition coefficient (Wildman–Crippen LogP) is 3.22. The lowest BCUT2D eigenvalue weighted by atomic mass is 10.2. The van der Waals surface area contributed by atoms with Crippen molar-refractivity contribution in [3.63, 3.8) is 0 Å². The average molecular weight is 399 g/mol. The highest BCUT2D eigenvalue weighted by atomic mass is 127. The fourth-order valence-electron chi connectivity index (χ4n) is 2.23. The topological polar surface area (TPSA) is 65.4 Å². The van der Waals surface area contributed by atoms with Crippen LogP contribution in [0.25, 0.3) is 0 Å². The molecular formula is C15H18IN3O2. The second kappa shape index (κ2) is 8.20. The highest BCUT2D eigenvalue weighted by molar-refractivity contribution is 14.1. The van der Waals surface area contributed by atoms with Crippen molar-refractivity contribution in [1.29, 1.82) is 5.26 Å². The molecule has 1 aliphatic heterocycles. The van der Waals surface area contributed by atoms with Crippen LogP contribution in [0.4, 0.5) is 10.5 Å². The van der Waals surface area contributed by atoms with E-state index in [2.05, 4.69) is 34.0 Å². The van der Waals surface area contributed by atoms with Crippen LogP contribution in [0.2, 0.25) is 0 Å². The third-order valence-corrected chi connectivity index (χ3v) is 4.04. The van der Waals surface area contributed by atoms with E-state index < -0.39 is 0 Å². The molecule has 112 valence electrons. The van der Waals surface area contributed by atoms with E-state index in [-0.39, 0.29) is 12.1 Å². The van der Waals surface area contributed by atoms with Crippen molar-refractivity contribution in [1.82, 2.24) is 4.90 Å². The van der Waals surface area contributed by atoms with Crippen molar-refractivity contribution in [2.45, 2.75) is 25.4 Å². The summed E-state index contributed by atoms with van der Waals surface area (Å²) in [6.07, 6.45) is 2.42. The van der Waals surface area contributed by atoms with Crippen LogP contribution in [0.5, 0.6) is 0 Å². The SMILES string of the molecule is N#CCCN(CC1CCCO1)C(=O)Nc1ccc(I)cc1. The highest BCUT2D eigenvalue weighted by Crippen LogP contribution is 2.15. The lowest BCUT2D eigenvalue weighted by Gasteiger charge is -2.24. The molecule has 0 spiro atoms. The smallest absolute Gasteiger partial charge is 0.321 e. The minimum absolute atomic E-state index is 0.0890. The Morgan fingerprint density at radius 3 is 2.86 bits per heavy atom. The molecule has 1 saturated heterocycles. The molecule has 1 heterocycles. The molecule has 1 atom stereocenters. The lowest BCUT2D eigenvalue weighted by Crippen LogP contribution is -2.40. The number of carbonyl (C=O) groups excluding carboxylic acids is 1. The number of rotatable bonds is 5. The summed E-state index contributed by atoms with van der Waals surface area (Å²) in [7, 11) is 0. The van der Waals surface area contributed by atoms with E-state index in [1.54, 1.807) is 4.90 Å². The molecule has 2 amide bonds. The molecule has 0 radical (unpaired) electrons. The molecule has 1 aromatic rings. The first kappa shape index (κ1) is 16.0. The molecule has 2 rings (SSSR count). The van der Waals surface area contributed by atoms with Gasteiger partial charge in [0.1, 0.15) is 0 Å². The number of urea groups is 1. The zero-order valence-corrected chi connectivity index (χ0v) is 13.9. The number of benzene rings is 1. The van der Waals surface area contributed by atoms with Crippen LogP contribution in [0.3, 0.4) is 0 Å². The molecular weight excluding hydrogens is 381 g/mol. The molecule has 0 bridgehead atoms. The fraction of sp³-hybridized carbons (Fsp3) is 0.467. The number of nitrogens with zero attached hydrogens (tertiary/aromatic N) is 2. The Balaban J connectivity index is 1.95. The van der Waals surface area contributed by atoms with Crippen molar-refractivity contribution in [3.05, 3.63) is 27.8 Å². The van der Waals surface area contributed by atoms with Crippen LogP contribution in [0.15, 0.2) is 24.3 Å². The maximum absolute atomic E-state index is 12.3. The second-order valence-electron chi connectivity index (χ2n) is 4.93. The number of anilines is 1. The first-order valence-electron chi connectivity index (χ1n) is 6.99. The van der Waals surface area contributed by atoms with E-state index in [0.29, 0.717) is 19.5 Å². The standard InChI is InChI=1S/C15H18IN3O2/c16-12-4-6-13(7-5-12)18-15(20)19(9-2-8-17)11-14-3-1-10-21-14/h4-7,14H,1-3,9-11H2,(H,18,20). The van der Waals surface area contributed by atoms with Gasteiger partial charge in [-0.2, -0.15) is 5.26 Å². The maximum Gasteiger partial charge on any atom is 0.321 e. The van der Waals surface area contributed by atoms with Crippen LogP contribution < -0.4 is 5.32 Å². The van der Waals surface area contributed by atoms with Crippen molar-refractivity contribution >= 4 is 34.3 Å². The minimum Gasteiger partial charge on any atom is -0.376 e. The minimum atomic E-state index is -0.179. The van der Waals surface area contributed by atoms with Gasteiger partial charge in [0.2, 0.25) is 0 Å². The van der Waals surface area contributed by atoms with E-state index in [1.807, 2.05) is 24.3 Å². The number of ether oxygens (including phenoxy) is 1. The summed E-state index contributed by atoms with van der Waals surface area (Å²) in [5.41, 5.74) is 0.759. The number of amides is 2. The zero-order valence-electron chi connectivity index (χ0n) is 11.7. The fourth-order valence-corrected chi connectivity index (χ4v) is 2.59. The van der Waals surface area contributed by atoms with Crippen LogP contribution >= 0.6 is 22.6 Å². The van der Waals surface area contributed by atoms with E-state index >= 15 is 0 Å². The van der Waals surface area contributed by atoms with Gasteiger partial charge in [-0.05, 0) is 59.7 Å². The summed E-state index contributed by atoms with van der Waals surface area (Å²) >= 11 is 2.22. The van der Waals surface area contributed by atoms with E-state index in [0.717, 1.165) is 28.7 Å². The van der Waals surface area contributed by atoms with E-state index in [9.17, 15) is 4.79 Å². The number of nitriles is 1. The summed E-state index contributed by atoms with van der Waals surface area (Å²) in [5, 5.41) is 11.6. The second-order valence-corrected chi connectivity index (χ2v) is 6.17. The van der Waals surface area contributed by atoms with E-state index in [1.165, 1.54) is 0 Å². The van der Waals surface area contributed by atoms with Crippen LogP contribution in [-0.2, 0) is 4.74 Å². The van der Waals surface area contributed by atoms with Gasteiger partial charge >= 0.3 is 6.03 Å². The third-order valence-electron chi connectivity index (χ3n) is 3.32. The maximum atomic E-state index is 12.3. The van der Waals surface area contributed by atoms with Crippen molar-refractivity contribution in [2.75, 3.05) is 25.0 Å². The molecule has 1 unspecified atom stereocenters. The molecule has 0 saturated carbocycles. The first-order valence-corrected chi connectivity index (χ1v) is 8.07. The molecule has 6 heteroatoms. The van der Waals surface area contributed by atoms with Gasteiger partial charge in [-0.25, -0.2) is 4.79 Å². The quantitative estimate of drug-likeness (QED) is 0.774.